The van der Waals surface area contributed by atoms with Gasteiger partial charge in [-0.05, 0) is 69.1 Å². The van der Waals surface area contributed by atoms with Crippen LogP contribution in [-0.2, 0) is 16.4 Å². The summed E-state index contributed by atoms with van der Waals surface area (Å²) in [7, 11) is -0.0229. The molecular weight excluding hydrogens is 394 g/mol. The van der Waals surface area contributed by atoms with E-state index in [2.05, 4.69) is 0 Å². The Balaban J connectivity index is 1.74. The number of likely N-dealkylation sites (N-methyl/N-ethyl adjacent to an activating group) is 1. The van der Waals surface area contributed by atoms with Crippen LogP contribution in [0.1, 0.15) is 25.3 Å². The Hall–Kier alpha value is -1.83. The molecule has 1 fully saturated rings. The van der Waals surface area contributed by atoms with Gasteiger partial charge in [-0.3, -0.25) is 0 Å². The monoisotopic (exact) mass is 422 g/mol. The molecule has 1 aliphatic heterocycles. The molecule has 0 N–H and O–H groups in total. The second-order valence-electron chi connectivity index (χ2n) is 7.88. The first-order valence-corrected chi connectivity index (χ1v) is 11.3. The maximum atomic E-state index is 14.7. The fraction of sp³-hybridized carbons (Fsp3) is 0.455. The molecule has 0 amide bonds. The predicted octanol–water partition coefficient (Wildman–Crippen LogP) is 3.86. The summed E-state index contributed by atoms with van der Waals surface area (Å²) >= 11 is 0. The van der Waals surface area contributed by atoms with Crippen LogP contribution >= 0.6 is 0 Å². The lowest BCUT2D eigenvalue weighted by Crippen LogP contribution is -2.34. The number of allylic oxidation sites excluding steroid dienone is 6. The molecule has 0 bridgehead atoms. The SMILES string of the molecule is CC(F)C1=CCC=C(Cc2ccc(S(=O)(=O)N3CCC(N(C)C)C3)c(F)c2)C=C1. The molecule has 7 heteroatoms. The molecule has 0 spiro atoms. The number of rotatable bonds is 6. The maximum Gasteiger partial charge on any atom is 0.246 e. The van der Waals surface area contributed by atoms with Crippen LogP contribution in [0.4, 0.5) is 8.78 Å². The van der Waals surface area contributed by atoms with Crippen molar-refractivity contribution in [3.8, 4) is 0 Å². The molecule has 1 saturated heterocycles. The molecule has 1 aromatic rings. The van der Waals surface area contributed by atoms with Gasteiger partial charge < -0.3 is 4.90 Å². The molecule has 4 nitrogen and oxygen atoms in total. The summed E-state index contributed by atoms with van der Waals surface area (Å²) in [5, 5.41) is 0. The van der Waals surface area contributed by atoms with Gasteiger partial charge in [-0.15, -0.1) is 0 Å². The summed E-state index contributed by atoms with van der Waals surface area (Å²) in [5.74, 6) is -0.731. The highest BCUT2D eigenvalue weighted by Crippen LogP contribution is 2.26. The van der Waals surface area contributed by atoms with E-state index in [0.29, 0.717) is 37.1 Å². The number of benzene rings is 1. The number of alkyl halides is 1. The fourth-order valence-corrected chi connectivity index (χ4v) is 5.24. The van der Waals surface area contributed by atoms with Crippen LogP contribution in [0.25, 0.3) is 0 Å². The Bertz CT molecular complexity index is 950. The Morgan fingerprint density at radius 3 is 2.62 bits per heavy atom. The van der Waals surface area contributed by atoms with Gasteiger partial charge in [0.25, 0.3) is 0 Å². The van der Waals surface area contributed by atoms with Crippen molar-refractivity contribution >= 4 is 10.0 Å². The Morgan fingerprint density at radius 2 is 2.00 bits per heavy atom. The van der Waals surface area contributed by atoms with E-state index in [-0.39, 0.29) is 10.9 Å². The lowest BCUT2D eigenvalue weighted by Gasteiger charge is -2.20. The van der Waals surface area contributed by atoms with Crippen molar-refractivity contribution in [3.63, 3.8) is 0 Å². The first kappa shape index (κ1) is 21.9. The molecule has 1 aromatic carbocycles. The fourth-order valence-electron chi connectivity index (χ4n) is 3.70. The third kappa shape index (κ3) is 5.02. The van der Waals surface area contributed by atoms with Crippen molar-refractivity contribution in [1.29, 1.82) is 0 Å². The molecule has 2 atom stereocenters. The summed E-state index contributed by atoms with van der Waals surface area (Å²) in [6.45, 7) is 2.26. The molecular formula is C22H28F2N2O2S. The maximum absolute atomic E-state index is 14.7. The lowest BCUT2D eigenvalue weighted by molar-refractivity contribution is 0.302. The topological polar surface area (TPSA) is 40.6 Å². The van der Waals surface area contributed by atoms with E-state index >= 15 is 0 Å². The summed E-state index contributed by atoms with van der Waals surface area (Å²) in [6, 6.07) is 4.45. The molecule has 3 rings (SSSR count). The lowest BCUT2D eigenvalue weighted by atomic mass is 10.0. The van der Waals surface area contributed by atoms with Crippen LogP contribution in [0.2, 0.25) is 0 Å². The van der Waals surface area contributed by atoms with Crippen LogP contribution in [-0.4, -0.2) is 57.0 Å². The van der Waals surface area contributed by atoms with E-state index in [1.807, 2.05) is 37.2 Å². The highest BCUT2D eigenvalue weighted by atomic mass is 32.2. The quantitative estimate of drug-likeness (QED) is 0.699. The molecule has 0 aromatic heterocycles. The highest BCUT2D eigenvalue weighted by molar-refractivity contribution is 7.89. The second kappa shape index (κ2) is 8.90. The largest absolute Gasteiger partial charge is 0.305 e. The van der Waals surface area contributed by atoms with Gasteiger partial charge in [-0.2, -0.15) is 4.31 Å². The van der Waals surface area contributed by atoms with Crippen LogP contribution in [0.15, 0.2) is 58.5 Å². The van der Waals surface area contributed by atoms with Crippen molar-refractivity contribution in [3.05, 3.63) is 65.0 Å². The van der Waals surface area contributed by atoms with Crippen molar-refractivity contribution < 1.29 is 17.2 Å². The zero-order valence-corrected chi connectivity index (χ0v) is 17.9. The minimum Gasteiger partial charge on any atom is -0.305 e. The number of sulfonamides is 1. The number of nitrogens with zero attached hydrogens (tertiary/aromatic N) is 2. The third-order valence-electron chi connectivity index (χ3n) is 5.56. The molecule has 2 aliphatic rings. The zero-order valence-electron chi connectivity index (χ0n) is 17.1. The average molecular weight is 423 g/mol. The van der Waals surface area contributed by atoms with Crippen molar-refractivity contribution in [1.82, 2.24) is 9.21 Å². The third-order valence-corrected chi connectivity index (χ3v) is 7.46. The number of halogens is 2. The number of hydrogen-bond donors (Lipinski definition) is 0. The van der Waals surface area contributed by atoms with Gasteiger partial charge in [0.2, 0.25) is 10.0 Å². The Kier molecular flexibility index (Phi) is 6.71. The van der Waals surface area contributed by atoms with Crippen molar-refractivity contribution in [2.75, 3.05) is 27.2 Å². The zero-order chi connectivity index (χ0) is 21.2. The van der Waals surface area contributed by atoms with E-state index < -0.39 is 22.0 Å². The molecule has 158 valence electrons. The predicted molar refractivity (Wildman–Crippen MR) is 111 cm³/mol. The highest BCUT2D eigenvalue weighted by Gasteiger charge is 2.34. The minimum atomic E-state index is -3.86. The minimum absolute atomic E-state index is 0.145. The van der Waals surface area contributed by atoms with Gasteiger partial charge in [0.15, 0.2) is 0 Å². The van der Waals surface area contributed by atoms with Crippen molar-refractivity contribution in [2.45, 2.75) is 43.3 Å². The Labute approximate surface area is 172 Å². The first-order valence-electron chi connectivity index (χ1n) is 9.84. The molecule has 0 saturated carbocycles. The Morgan fingerprint density at radius 1 is 1.24 bits per heavy atom. The van der Waals surface area contributed by atoms with E-state index in [1.54, 1.807) is 12.1 Å². The van der Waals surface area contributed by atoms with E-state index in [4.69, 9.17) is 0 Å². The van der Waals surface area contributed by atoms with Crippen LogP contribution in [0.5, 0.6) is 0 Å². The smallest absolute Gasteiger partial charge is 0.246 e. The normalized spacial score (nSPS) is 21.8. The number of hydrogen-bond acceptors (Lipinski definition) is 3. The van der Waals surface area contributed by atoms with Gasteiger partial charge >= 0.3 is 0 Å². The summed E-state index contributed by atoms with van der Waals surface area (Å²) in [4.78, 5) is 1.72. The summed E-state index contributed by atoms with van der Waals surface area (Å²) in [5.41, 5.74) is 2.26. The average Bonchev–Trinajstić information content (AvgIpc) is 3.04. The molecule has 1 heterocycles. The van der Waals surface area contributed by atoms with Gasteiger partial charge in [0, 0.05) is 19.1 Å². The summed E-state index contributed by atoms with van der Waals surface area (Å²) < 4.78 is 55.3. The van der Waals surface area contributed by atoms with Crippen molar-refractivity contribution in [2.24, 2.45) is 0 Å². The molecule has 2 unspecified atom stereocenters. The first-order chi connectivity index (χ1) is 13.7. The summed E-state index contributed by atoms with van der Waals surface area (Å²) in [6.07, 6.45) is 8.17. The van der Waals surface area contributed by atoms with E-state index in [1.165, 1.54) is 23.4 Å². The van der Waals surface area contributed by atoms with Gasteiger partial charge in [-0.1, -0.05) is 30.4 Å². The van der Waals surface area contributed by atoms with Crippen LogP contribution in [0.3, 0.4) is 0 Å². The second-order valence-corrected chi connectivity index (χ2v) is 9.79. The molecule has 0 radical (unpaired) electrons. The van der Waals surface area contributed by atoms with Crippen LogP contribution in [0, 0.1) is 5.82 Å². The van der Waals surface area contributed by atoms with Gasteiger partial charge in [0.05, 0.1) is 0 Å². The molecule has 29 heavy (non-hydrogen) atoms. The van der Waals surface area contributed by atoms with Gasteiger partial charge in [0.1, 0.15) is 16.9 Å². The van der Waals surface area contributed by atoms with Crippen LogP contribution < -0.4 is 0 Å². The van der Waals surface area contributed by atoms with Gasteiger partial charge in [-0.25, -0.2) is 17.2 Å². The van der Waals surface area contributed by atoms with E-state index in [0.717, 1.165) is 12.0 Å². The molecule has 1 aliphatic carbocycles. The standard InChI is InChI=1S/C22H28F2N2O2S/c1-16(23)19-6-4-5-17(7-9-19)13-18-8-10-22(21(24)14-18)29(27,28)26-12-11-20(15-26)25(2)3/h5-10,14,16,20H,4,11-13,15H2,1-3H3. The van der Waals surface area contributed by atoms with E-state index in [9.17, 15) is 17.2 Å².